The van der Waals surface area contributed by atoms with Gasteiger partial charge in [0.25, 0.3) is 0 Å². The molecule has 2 heterocycles. The second-order valence-electron chi connectivity index (χ2n) is 5.63. The maximum absolute atomic E-state index is 12.3. The summed E-state index contributed by atoms with van der Waals surface area (Å²) in [5.74, 6) is -0.834. The van der Waals surface area contributed by atoms with Crippen LogP contribution >= 0.6 is 0 Å². The molecule has 6 nitrogen and oxygen atoms in total. The van der Waals surface area contributed by atoms with Crippen LogP contribution in [-0.2, 0) is 14.3 Å². The zero-order chi connectivity index (χ0) is 14.5. The molecule has 114 valence electrons. The molecule has 2 saturated heterocycles. The van der Waals surface area contributed by atoms with Crippen molar-refractivity contribution in [2.75, 3.05) is 32.8 Å². The zero-order valence-corrected chi connectivity index (χ0v) is 12.0. The smallest absolute Gasteiger partial charge is 0.311 e. The van der Waals surface area contributed by atoms with Gasteiger partial charge in [-0.05, 0) is 38.8 Å². The van der Waals surface area contributed by atoms with E-state index < -0.39 is 11.9 Å². The third-order valence-corrected chi connectivity index (χ3v) is 4.36. The van der Waals surface area contributed by atoms with Gasteiger partial charge in [-0.25, -0.2) is 0 Å². The van der Waals surface area contributed by atoms with Crippen molar-refractivity contribution < 1.29 is 19.4 Å². The van der Waals surface area contributed by atoms with Gasteiger partial charge in [-0.1, -0.05) is 0 Å². The number of carbonyl (C=O) groups excluding carboxylic acids is 1. The first kappa shape index (κ1) is 15.3. The molecule has 20 heavy (non-hydrogen) atoms. The van der Waals surface area contributed by atoms with Crippen LogP contribution in [0.25, 0.3) is 0 Å². The minimum Gasteiger partial charge on any atom is -0.481 e. The van der Waals surface area contributed by atoms with E-state index in [1.165, 1.54) is 0 Å². The first-order valence-corrected chi connectivity index (χ1v) is 7.44. The Bertz CT molecular complexity index is 355. The molecule has 1 amide bonds. The number of hydrogen-bond donors (Lipinski definition) is 2. The van der Waals surface area contributed by atoms with Crippen LogP contribution in [0.4, 0.5) is 0 Å². The minimum absolute atomic E-state index is 0.0566. The number of likely N-dealkylation sites (N-methyl/N-ethyl adjacent to an activating group) is 1. The van der Waals surface area contributed by atoms with Crippen molar-refractivity contribution in [1.29, 1.82) is 0 Å². The Kier molecular flexibility index (Phi) is 5.37. The van der Waals surface area contributed by atoms with Gasteiger partial charge in [-0.2, -0.15) is 0 Å². The summed E-state index contributed by atoms with van der Waals surface area (Å²) in [7, 11) is 0. The van der Waals surface area contributed by atoms with Crippen LogP contribution in [-0.4, -0.2) is 60.8 Å². The lowest BCUT2D eigenvalue weighted by molar-refractivity contribution is -0.145. The first-order valence-electron chi connectivity index (χ1n) is 7.44. The monoisotopic (exact) mass is 284 g/mol. The molecule has 2 rings (SSSR count). The van der Waals surface area contributed by atoms with Crippen LogP contribution < -0.4 is 5.32 Å². The number of carbonyl (C=O) groups is 2. The maximum Gasteiger partial charge on any atom is 0.311 e. The van der Waals surface area contributed by atoms with Crippen molar-refractivity contribution in [3.8, 4) is 0 Å². The average Bonchev–Trinajstić information content (AvgIpc) is 3.08. The molecular weight excluding hydrogens is 260 g/mol. The molecule has 0 aromatic carbocycles. The molecule has 0 saturated carbocycles. The molecule has 0 aromatic rings. The Hall–Kier alpha value is -1.14. The highest BCUT2D eigenvalue weighted by Gasteiger charge is 2.39. The van der Waals surface area contributed by atoms with Gasteiger partial charge >= 0.3 is 5.97 Å². The van der Waals surface area contributed by atoms with Crippen molar-refractivity contribution in [2.24, 2.45) is 11.8 Å². The Morgan fingerprint density at radius 1 is 1.40 bits per heavy atom. The van der Waals surface area contributed by atoms with E-state index in [-0.39, 0.29) is 18.6 Å². The molecule has 2 aliphatic heterocycles. The molecule has 0 aliphatic carbocycles. The molecule has 6 heteroatoms. The van der Waals surface area contributed by atoms with Gasteiger partial charge in [0.05, 0.1) is 19.3 Å². The van der Waals surface area contributed by atoms with Crippen LogP contribution in [0.2, 0.25) is 0 Å². The predicted molar refractivity (Wildman–Crippen MR) is 73.3 cm³/mol. The largest absolute Gasteiger partial charge is 0.481 e. The van der Waals surface area contributed by atoms with E-state index in [0.717, 1.165) is 25.9 Å². The van der Waals surface area contributed by atoms with Crippen molar-refractivity contribution in [2.45, 2.75) is 32.2 Å². The first-order chi connectivity index (χ1) is 9.63. The molecule has 0 aromatic heterocycles. The Labute approximate surface area is 119 Å². The molecule has 2 aliphatic rings. The van der Waals surface area contributed by atoms with Crippen LogP contribution in [0.5, 0.6) is 0 Å². The Balaban J connectivity index is 1.89. The van der Waals surface area contributed by atoms with Crippen molar-refractivity contribution >= 4 is 11.9 Å². The summed E-state index contributed by atoms with van der Waals surface area (Å²) < 4.78 is 5.26. The number of rotatable bonds is 6. The molecule has 2 N–H and O–H groups in total. The summed E-state index contributed by atoms with van der Waals surface area (Å²) in [5, 5.41) is 12.5. The van der Waals surface area contributed by atoms with Gasteiger partial charge in [0.2, 0.25) is 5.91 Å². The van der Waals surface area contributed by atoms with Gasteiger partial charge in [0.15, 0.2) is 0 Å². The molecule has 0 spiro atoms. The quantitative estimate of drug-likeness (QED) is 0.734. The average molecular weight is 284 g/mol. The fraction of sp³-hybridized carbons (Fsp3) is 0.857. The predicted octanol–water partition coefficient (Wildman–Crippen LogP) is 0.324. The maximum atomic E-state index is 12.3. The number of hydrogen-bond acceptors (Lipinski definition) is 4. The second kappa shape index (κ2) is 7.04. The lowest BCUT2D eigenvalue weighted by atomic mass is 9.99. The van der Waals surface area contributed by atoms with Crippen molar-refractivity contribution in [3.05, 3.63) is 0 Å². The fourth-order valence-electron chi connectivity index (χ4n) is 3.11. The third-order valence-electron chi connectivity index (χ3n) is 4.36. The van der Waals surface area contributed by atoms with E-state index in [4.69, 9.17) is 4.74 Å². The number of ether oxygens (including phenoxy) is 1. The highest BCUT2D eigenvalue weighted by atomic mass is 16.5. The summed E-state index contributed by atoms with van der Waals surface area (Å²) in [4.78, 5) is 25.2. The standard InChI is InChI=1S/C14H24N2O4/c1-2-16(12-9-20-8-11(12)14(18)19)13(17)4-3-10-5-6-15-7-10/h10-12,15H,2-9H2,1H3,(H,18,19). The van der Waals surface area contributed by atoms with Crippen LogP contribution in [0.15, 0.2) is 0 Å². The molecule has 0 radical (unpaired) electrons. The van der Waals surface area contributed by atoms with Crippen LogP contribution in [0.1, 0.15) is 26.2 Å². The van der Waals surface area contributed by atoms with Gasteiger partial charge in [-0.3, -0.25) is 9.59 Å². The number of carboxylic acid groups (broad SMARTS) is 1. The van der Waals surface area contributed by atoms with Gasteiger partial charge in [0, 0.05) is 13.0 Å². The van der Waals surface area contributed by atoms with E-state index in [1.807, 2.05) is 6.92 Å². The highest BCUT2D eigenvalue weighted by Crippen LogP contribution is 2.22. The van der Waals surface area contributed by atoms with Crippen LogP contribution in [0, 0.1) is 11.8 Å². The summed E-state index contributed by atoms with van der Waals surface area (Å²) in [6.07, 6.45) is 2.51. The molecule has 0 bridgehead atoms. The zero-order valence-electron chi connectivity index (χ0n) is 12.0. The van der Waals surface area contributed by atoms with Crippen molar-refractivity contribution in [1.82, 2.24) is 10.2 Å². The number of nitrogens with zero attached hydrogens (tertiary/aromatic N) is 1. The second-order valence-corrected chi connectivity index (χ2v) is 5.63. The lowest BCUT2D eigenvalue weighted by Crippen LogP contribution is -2.46. The third kappa shape index (κ3) is 3.49. The van der Waals surface area contributed by atoms with E-state index in [9.17, 15) is 14.7 Å². The van der Waals surface area contributed by atoms with Gasteiger partial charge in [-0.15, -0.1) is 0 Å². The molecule has 3 atom stereocenters. The van der Waals surface area contributed by atoms with E-state index in [1.54, 1.807) is 4.90 Å². The number of amides is 1. The molecule has 3 unspecified atom stereocenters. The summed E-state index contributed by atoms with van der Waals surface area (Å²) in [6, 6.07) is -0.313. The summed E-state index contributed by atoms with van der Waals surface area (Å²) in [6.45, 7) is 5.00. The number of nitrogens with one attached hydrogen (secondary N) is 1. The Morgan fingerprint density at radius 3 is 2.80 bits per heavy atom. The highest BCUT2D eigenvalue weighted by molar-refractivity contribution is 5.78. The topological polar surface area (TPSA) is 78.9 Å². The SMILES string of the molecule is CCN(C(=O)CCC1CCNC1)C1COCC1C(=O)O. The summed E-state index contributed by atoms with van der Waals surface area (Å²) >= 11 is 0. The van der Waals surface area contributed by atoms with Crippen LogP contribution in [0.3, 0.4) is 0 Å². The molecule has 2 fully saturated rings. The van der Waals surface area contributed by atoms with E-state index in [0.29, 0.717) is 25.5 Å². The van der Waals surface area contributed by atoms with Gasteiger partial charge < -0.3 is 20.1 Å². The summed E-state index contributed by atoms with van der Waals surface area (Å²) in [5.41, 5.74) is 0. The van der Waals surface area contributed by atoms with Gasteiger partial charge in [0.1, 0.15) is 5.92 Å². The van der Waals surface area contributed by atoms with E-state index in [2.05, 4.69) is 5.32 Å². The fourth-order valence-corrected chi connectivity index (χ4v) is 3.11. The lowest BCUT2D eigenvalue weighted by Gasteiger charge is -2.29. The number of carboxylic acids is 1. The Morgan fingerprint density at radius 2 is 2.20 bits per heavy atom. The van der Waals surface area contributed by atoms with E-state index >= 15 is 0 Å². The normalized spacial score (nSPS) is 29.6. The molecular formula is C14H24N2O4. The van der Waals surface area contributed by atoms with Crippen molar-refractivity contribution in [3.63, 3.8) is 0 Å². The minimum atomic E-state index is -0.876. The number of aliphatic carboxylic acids is 1.